The second kappa shape index (κ2) is 5.13. The van der Waals surface area contributed by atoms with Crippen LogP contribution in [-0.4, -0.2) is 29.9 Å². The molecule has 0 aliphatic carbocycles. The van der Waals surface area contributed by atoms with Gasteiger partial charge in [-0.1, -0.05) is 24.3 Å². The molecule has 1 saturated heterocycles. The Morgan fingerprint density at radius 2 is 1.95 bits per heavy atom. The lowest BCUT2D eigenvalue weighted by atomic mass is 9.93. The highest BCUT2D eigenvalue weighted by Crippen LogP contribution is 2.35. The molecule has 0 saturated carbocycles. The third-order valence-electron chi connectivity index (χ3n) is 3.87. The molecule has 0 spiro atoms. The van der Waals surface area contributed by atoms with Crippen LogP contribution in [0.1, 0.15) is 29.8 Å². The van der Waals surface area contributed by atoms with Crippen molar-refractivity contribution in [3.63, 3.8) is 0 Å². The van der Waals surface area contributed by atoms with Crippen LogP contribution in [-0.2, 0) is 15.9 Å². The zero-order valence-electron chi connectivity index (χ0n) is 12.2. The lowest BCUT2D eigenvalue weighted by Gasteiger charge is -2.24. The van der Waals surface area contributed by atoms with E-state index in [9.17, 15) is 9.90 Å². The number of phenolic OH excluding ortho intramolecular Hbond substituents is 1. The highest BCUT2D eigenvalue weighted by molar-refractivity contribution is 6.05. The monoisotopic (exact) mass is 286 g/mol. The quantitative estimate of drug-likeness (QED) is 0.881. The van der Waals surface area contributed by atoms with Crippen molar-refractivity contribution in [3.05, 3.63) is 41.5 Å². The number of fused-ring (bicyclic) bond motifs is 1. The van der Waals surface area contributed by atoms with Crippen LogP contribution in [0.4, 0.5) is 0 Å². The molecule has 1 fully saturated rings. The number of phenols is 1. The number of carbonyl (C=O) groups excluding carboxylic acids is 1. The van der Waals surface area contributed by atoms with E-state index in [1.54, 1.807) is 0 Å². The molecular weight excluding hydrogens is 268 g/mol. The maximum absolute atomic E-state index is 12.0. The predicted molar refractivity (Wildman–Crippen MR) is 79.6 cm³/mol. The number of aromatic hydroxyl groups is 1. The Kier molecular flexibility index (Phi) is 3.43. The summed E-state index contributed by atoms with van der Waals surface area (Å²) in [5.41, 5.74) is 1.11. The fraction of sp³-hybridized carbons (Fsp3) is 0.353. The Hall–Kier alpha value is -1.91. The molecule has 21 heavy (non-hydrogen) atoms. The highest BCUT2D eigenvalue weighted by atomic mass is 16.7. The average molecular weight is 286 g/mol. The van der Waals surface area contributed by atoms with Gasteiger partial charge in [0.1, 0.15) is 5.75 Å². The van der Waals surface area contributed by atoms with Crippen molar-refractivity contribution in [2.24, 2.45) is 0 Å². The number of Topliss-reactive ketones (excluding diaryl/α,β-unsaturated/α-hetero) is 1. The number of rotatable bonds is 3. The van der Waals surface area contributed by atoms with Crippen LogP contribution in [0.15, 0.2) is 30.3 Å². The lowest BCUT2D eigenvalue weighted by molar-refractivity contribution is -0.140. The maximum atomic E-state index is 12.0. The summed E-state index contributed by atoms with van der Waals surface area (Å²) in [6, 6.07) is 9.41. The van der Waals surface area contributed by atoms with E-state index in [4.69, 9.17) is 9.47 Å². The van der Waals surface area contributed by atoms with E-state index in [2.05, 4.69) is 0 Å². The molecule has 0 unspecified atom stereocenters. The van der Waals surface area contributed by atoms with Gasteiger partial charge in [-0.05, 0) is 30.9 Å². The minimum absolute atomic E-state index is 0.0391. The van der Waals surface area contributed by atoms with Crippen molar-refractivity contribution in [1.29, 1.82) is 0 Å². The number of ether oxygens (including phenoxy) is 2. The molecule has 0 atom stereocenters. The fourth-order valence-corrected chi connectivity index (χ4v) is 2.92. The molecule has 0 amide bonds. The van der Waals surface area contributed by atoms with Gasteiger partial charge < -0.3 is 14.6 Å². The zero-order valence-corrected chi connectivity index (χ0v) is 12.2. The summed E-state index contributed by atoms with van der Waals surface area (Å²) in [6.45, 7) is 4.42. The smallest absolute Gasteiger partial charge is 0.169 e. The Bertz CT molecular complexity index is 699. The molecule has 2 aromatic carbocycles. The third kappa shape index (κ3) is 2.52. The molecule has 0 aromatic heterocycles. The van der Waals surface area contributed by atoms with Crippen molar-refractivity contribution < 1.29 is 19.4 Å². The van der Waals surface area contributed by atoms with Crippen LogP contribution in [0.25, 0.3) is 10.8 Å². The number of benzene rings is 2. The van der Waals surface area contributed by atoms with Gasteiger partial charge in [-0.2, -0.15) is 0 Å². The Labute approximate surface area is 123 Å². The van der Waals surface area contributed by atoms with E-state index in [0.717, 1.165) is 10.9 Å². The minimum Gasteiger partial charge on any atom is -0.507 e. The van der Waals surface area contributed by atoms with E-state index < -0.39 is 5.79 Å². The zero-order chi connectivity index (χ0) is 15.0. The standard InChI is InChI=1S/C17H18O4/c1-11(18)15-13(10-17(2)20-7-8-21-17)9-12-5-3-4-6-14(12)16(15)19/h3-6,9,19H,7-8,10H2,1-2H3. The Morgan fingerprint density at radius 3 is 2.62 bits per heavy atom. The van der Waals surface area contributed by atoms with Crippen LogP contribution in [0.5, 0.6) is 5.75 Å². The van der Waals surface area contributed by atoms with Crippen molar-refractivity contribution in [2.75, 3.05) is 13.2 Å². The molecule has 1 aliphatic heterocycles. The molecule has 0 radical (unpaired) electrons. The topological polar surface area (TPSA) is 55.8 Å². The summed E-state index contributed by atoms with van der Waals surface area (Å²) in [4.78, 5) is 12.0. The minimum atomic E-state index is -0.737. The molecule has 3 rings (SSSR count). The largest absolute Gasteiger partial charge is 0.507 e. The number of hydrogen-bond acceptors (Lipinski definition) is 4. The molecule has 4 nitrogen and oxygen atoms in total. The molecule has 1 heterocycles. The first kappa shape index (κ1) is 14.0. The van der Waals surface area contributed by atoms with E-state index in [0.29, 0.717) is 30.6 Å². The van der Waals surface area contributed by atoms with Gasteiger partial charge in [-0.15, -0.1) is 0 Å². The van der Waals surface area contributed by atoms with E-state index >= 15 is 0 Å². The molecule has 110 valence electrons. The van der Waals surface area contributed by atoms with Crippen LogP contribution < -0.4 is 0 Å². The first-order chi connectivity index (χ1) is 10.0. The van der Waals surface area contributed by atoms with Crippen LogP contribution >= 0.6 is 0 Å². The number of ketones is 1. The van der Waals surface area contributed by atoms with Gasteiger partial charge in [0, 0.05) is 11.8 Å². The summed E-state index contributed by atoms with van der Waals surface area (Å²) in [6.07, 6.45) is 0.431. The summed E-state index contributed by atoms with van der Waals surface area (Å²) < 4.78 is 11.2. The summed E-state index contributed by atoms with van der Waals surface area (Å²) >= 11 is 0. The average Bonchev–Trinajstić information content (AvgIpc) is 2.85. The Balaban J connectivity index is 2.16. The molecular formula is C17H18O4. The summed E-state index contributed by atoms with van der Waals surface area (Å²) in [5, 5.41) is 12.0. The van der Waals surface area contributed by atoms with Crippen LogP contribution in [0.3, 0.4) is 0 Å². The fourth-order valence-electron chi connectivity index (χ4n) is 2.92. The van der Waals surface area contributed by atoms with Gasteiger partial charge in [-0.25, -0.2) is 0 Å². The second-order valence-electron chi connectivity index (χ2n) is 5.54. The SMILES string of the molecule is CC(=O)c1c(CC2(C)OCCO2)cc2ccccc2c1O. The van der Waals surface area contributed by atoms with Crippen molar-refractivity contribution in [1.82, 2.24) is 0 Å². The maximum Gasteiger partial charge on any atom is 0.169 e. The molecule has 0 bridgehead atoms. The molecule has 1 aliphatic rings. The van der Waals surface area contributed by atoms with Crippen molar-refractivity contribution in [3.8, 4) is 5.75 Å². The molecule has 1 N–H and O–H groups in total. The van der Waals surface area contributed by atoms with E-state index in [1.165, 1.54) is 6.92 Å². The number of carbonyl (C=O) groups is 1. The lowest BCUT2D eigenvalue weighted by Crippen LogP contribution is -2.29. The predicted octanol–water partition coefficient (Wildman–Crippen LogP) is 3.05. The van der Waals surface area contributed by atoms with Gasteiger partial charge in [0.15, 0.2) is 11.6 Å². The first-order valence-corrected chi connectivity index (χ1v) is 7.03. The number of hydrogen-bond donors (Lipinski definition) is 1. The Morgan fingerprint density at radius 1 is 1.29 bits per heavy atom. The van der Waals surface area contributed by atoms with Gasteiger partial charge in [0.2, 0.25) is 0 Å². The highest BCUT2D eigenvalue weighted by Gasteiger charge is 2.33. The normalized spacial score (nSPS) is 17.2. The van der Waals surface area contributed by atoms with Gasteiger partial charge in [0.05, 0.1) is 18.8 Å². The summed E-state index contributed by atoms with van der Waals surface area (Å²) in [5.74, 6) is -0.855. The van der Waals surface area contributed by atoms with E-state index in [1.807, 2.05) is 37.3 Å². The molecule has 4 heteroatoms. The first-order valence-electron chi connectivity index (χ1n) is 7.03. The molecule has 2 aromatic rings. The van der Waals surface area contributed by atoms with Crippen LogP contribution in [0.2, 0.25) is 0 Å². The second-order valence-corrected chi connectivity index (χ2v) is 5.54. The van der Waals surface area contributed by atoms with Gasteiger partial charge in [-0.3, -0.25) is 4.79 Å². The van der Waals surface area contributed by atoms with Crippen molar-refractivity contribution >= 4 is 16.6 Å². The third-order valence-corrected chi connectivity index (χ3v) is 3.87. The van der Waals surface area contributed by atoms with Crippen LogP contribution in [0, 0.1) is 0 Å². The van der Waals surface area contributed by atoms with Gasteiger partial charge in [0.25, 0.3) is 0 Å². The van der Waals surface area contributed by atoms with Crippen molar-refractivity contribution in [2.45, 2.75) is 26.1 Å². The summed E-state index contributed by atoms with van der Waals surface area (Å²) in [7, 11) is 0. The van der Waals surface area contributed by atoms with E-state index in [-0.39, 0.29) is 11.5 Å². The van der Waals surface area contributed by atoms with Gasteiger partial charge >= 0.3 is 0 Å².